The lowest BCUT2D eigenvalue weighted by Gasteiger charge is -2.10. The van der Waals surface area contributed by atoms with Crippen LogP contribution >= 0.6 is 0 Å². The number of hydrogen-bond acceptors (Lipinski definition) is 2. The highest BCUT2D eigenvalue weighted by Crippen LogP contribution is 2.22. The van der Waals surface area contributed by atoms with Crippen molar-refractivity contribution in [3.63, 3.8) is 0 Å². The van der Waals surface area contributed by atoms with E-state index in [9.17, 15) is 4.79 Å². The van der Waals surface area contributed by atoms with Crippen LogP contribution in [0.4, 0.5) is 0 Å². The lowest BCUT2D eigenvalue weighted by molar-refractivity contribution is 0.646. The Labute approximate surface area is 87.1 Å². The summed E-state index contributed by atoms with van der Waals surface area (Å²) < 4.78 is 3.34. The molecule has 0 amide bonds. The molecule has 2 aromatic rings. The van der Waals surface area contributed by atoms with Crippen LogP contribution in [-0.2, 0) is 19.9 Å². The molecule has 0 saturated carbocycles. The Morgan fingerprint density at radius 2 is 2.13 bits per heavy atom. The molecule has 0 unspecified atom stereocenters. The predicted octanol–water partition coefficient (Wildman–Crippen LogP) is 0.912. The highest BCUT2D eigenvalue weighted by molar-refractivity contribution is 5.51. The van der Waals surface area contributed by atoms with Gasteiger partial charge in [-0.3, -0.25) is 9.36 Å². The molecule has 0 aromatic carbocycles. The molecule has 3 rings (SSSR count). The van der Waals surface area contributed by atoms with Gasteiger partial charge in [0.25, 0.3) is 5.56 Å². The lowest BCUT2D eigenvalue weighted by Crippen LogP contribution is -2.20. The van der Waals surface area contributed by atoms with Gasteiger partial charge in [0.15, 0.2) is 0 Å². The molecule has 4 nitrogen and oxygen atoms in total. The maximum absolute atomic E-state index is 11.8. The summed E-state index contributed by atoms with van der Waals surface area (Å²) in [6, 6.07) is 2.00. The van der Waals surface area contributed by atoms with Crippen LogP contribution in [0, 0.1) is 0 Å². The van der Waals surface area contributed by atoms with Gasteiger partial charge in [-0.1, -0.05) is 0 Å². The number of hydrogen-bond donors (Lipinski definition) is 0. The molecule has 0 atom stereocenters. The Hall–Kier alpha value is -1.58. The monoisotopic (exact) mass is 203 g/mol. The number of rotatable bonds is 0. The number of aromatic nitrogens is 3. The van der Waals surface area contributed by atoms with Gasteiger partial charge in [0, 0.05) is 12.7 Å². The van der Waals surface area contributed by atoms with Crippen LogP contribution in [0.2, 0.25) is 0 Å². The predicted molar refractivity (Wildman–Crippen MR) is 57.1 cm³/mol. The van der Waals surface area contributed by atoms with Crippen LogP contribution in [0.1, 0.15) is 24.1 Å². The van der Waals surface area contributed by atoms with E-state index in [2.05, 4.69) is 5.10 Å². The zero-order valence-electron chi connectivity index (χ0n) is 8.73. The summed E-state index contributed by atoms with van der Waals surface area (Å²) in [6.45, 7) is 0. The van der Waals surface area contributed by atoms with Crippen molar-refractivity contribution < 1.29 is 0 Å². The number of aryl methyl sites for hydroxylation is 3. The topological polar surface area (TPSA) is 39.3 Å². The van der Waals surface area contributed by atoms with E-state index >= 15 is 0 Å². The second kappa shape index (κ2) is 2.95. The quantitative estimate of drug-likeness (QED) is 0.638. The SMILES string of the molecule is Cn1cnn2c3c(cc2c1=O)CCCC3. The molecular weight excluding hydrogens is 190 g/mol. The van der Waals surface area contributed by atoms with Crippen LogP contribution in [0.5, 0.6) is 0 Å². The van der Waals surface area contributed by atoms with Crippen molar-refractivity contribution in [2.45, 2.75) is 25.7 Å². The van der Waals surface area contributed by atoms with Gasteiger partial charge in [0.1, 0.15) is 11.8 Å². The second-order valence-electron chi connectivity index (χ2n) is 4.17. The molecule has 1 aliphatic rings. The van der Waals surface area contributed by atoms with Crippen LogP contribution in [0.3, 0.4) is 0 Å². The molecular formula is C11H13N3O. The first-order valence-electron chi connectivity index (χ1n) is 5.32. The van der Waals surface area contributed by atoms with Crippen LogP contribution < -0.4 is 5.56 Å². The van der Waals surface area contributed by atoms with Gasteiger partial charge in [0.2, 0.25) is 0 Å². The molecule has 4 heteroatoms. The van der Waals surface area contributed by atoms with Gasteiger partial charge in [-0.2, -0.15) is 5.10 Å². The Morgan fingerprint density at radius 3 is 3.00 bits per heavy atom. The van der Waals surface area contributed by atoms with Gasteiger partial charge >= 0.3 is 0 Å². The average molecular weight is 203 g/mol. The summed E-state index contributed by atoms with van der Waals surface area (Å²) in [4.78, 5) is 11.8. The van der Waals surface area contributed by atoms with Crippen LogP contribution in [-0.4, -0.2) is 14.2 Å². The summed E-state index contributed by atoms with van der Waals surface area (Å²) in [5, 5.41) is 4.29. The Bertz CT molecular complexity index is 579. The van der Waals surface area contributed by atoms with Crippen molar-refractivity contribution in [3.8, 4) is 0 Å². The largest absolute Gasteiger partial charge is 0.299 e. The van der Waals surface area contributed by atoms with Crippen molar-refractivity contribution in [1.82, 2.24) is 14.2 Å². The summed E-state index contributed by atoms with van der Waals surface area (Å²) in [5.74, 6) is 0. The van der Waals surface area contributed by atoms with Crippen molar-refractivity contribution in [1.29, 1.82) is 0 Å². The highest BCUT2D eigenvalue weighted by Gasteiger charge is 2.16. The van der Waals surface area contributed by atoms with Crippen molar-refractivity contribution in [2.75, 3.05) is 0 Å². The van der Waals surface area contributed by atoms with Gasteiger partial charge < -0.3 is 0 Å². The molecule has 0 aliphatic heterocycles. The minimum atomic E-state index is 0.0411. The molecule has 0 spiro atoms. The highest BCUT2D eigenvalue weighted by atomic mass is 16.1. The number of nitrogens with zero attached hydrogens (tertiary/aromatic N) is 3. The fourth-order valence-electron chi connectivity index (χ4n) is 2.33. The summed E-state index contributed by atoms with van der Waals surface area (Å²) >= 11 is 0. The van der Waals surface area contributed by atoms with E-state index in [0.29, 0.717) is 5.52 Å². The maximum Gasteiger partial charge on any atom is 0.277 e. The Balaban J connectivity index is 2.41. The molecule has 78 valence electrons. The van der Waals surface area contributed by atoms with E-state index < -0.39 is 0 Å². The zero-order chi connectivity index (χ0) is 10.4. The third-order valence-electron chi connectivity index (χ3n) is 3.15. The standard InChI is InChI=1S/C11H13N3O/c1-13-7-12-14-9-5-3-2-4-8(9)6-10(14)11(13)15/h6-7H,2-5H2,1H3. The first kappa shape index (κ1) is 8.71. The van der Waals surface area contributed by atoms with Gasteiger partial charge in [-0.25, -0.2) is 4.52 Å². The first-order chi connectivity index (χ1) is 7.27. The molecule has 0 fully saturated rings. The van der Waals surface area contributed by atoms with Crippen molar-refractivity contribution in [3.05, 3.63) is 34.0 Å². The van der Waals surface area contributed by atoms with Gasteiger partial charge in [-0.15, -0.1) is 0 Å². The molecule has 15 heavy (non-hydrogen) atoms. The van der Waals surface area contributed by atoms with Crippen LogP contribution in [0.15, 0.2) is 17.2 Å². The van der Waals surface area contributed by atoms with E-state index in [1.807, 2.05) is 10.6 Å². The fraction of sp³-hybridized carbons (Fsp3) is 0.455. The molecule has 0 saturated heterocycles. The van der Waals surface area contributed by atoms with E-state index in [0.717, 1.165) is 12.8 Å². The molecule has 0 N–H and O–H groups in total. The van der Waals surface area contributed by atoms with E-state index in [1.54, 1.807) is 13.4 Å². The van der Waals surface area contributed by atoms with Crippen molar-refractivity contribution >= 4 is 5.52 Å². The van der Waals surface area contributed by atoms with E-state index in [-0.39, 0.29) is 5.56 Å². The lowest BCUT2D eigenvalue weighted by atomic mass is 9.98. The summed E-state index contributed by atoms with van der Waals surface area (Å²) in [7, 11) is 1.74. The molecule has 2 heterocycles. The van der Waals surface area contributed by atoms with Gasteiger partial charge in [-0.05, 0) is 37.3 Å². The minimum Gasteiger partial charge on any atom is -0.299 e. The fourth-order valence-corrected chi connectivity index (χ4v) is 2.33. The summed E-state index contributed by atoms with van der Waals surface area (Å²) in [5.41, 5.74) is 3.29. The minimum absolute atomic E-state index is 0.0411. The van der Waals surface area contributed by atoms with E-state index in [4.69, 9.17) is 0 Å². The third kappa shape index (κ3) is 1.14. The molecule has 1 aliphatic carbocycles. The summed E-state index contributed by atoms with van der Waals surface area (Å²) in [6.07, 6.45) is 6.15. The smallest absolute Gasteiger partial charge is 0.277 e. The first-order valence-corrected chi connectivity index (χ1v) is 5.32. The number of fused-ring (bicyclic) bond motifs is 3. The normalized spacial score (nSPS) is 15.5. The van der Waals surface area contributed by atoms with Crippen LogP contribution in [0.25, 0.3) is 5.52 Å². The van der Waals surface area contributed by atoms with Gasteiger partial charge in [0.05, 0.1) is 0 Å². The maximum atomic E-state index is 11.8. The van der Waals surface area contributed by atoms with Crippen molar-refractivity contribution in [2.24, 2.45) is 7.05 Å². The Morgan fingerprint density at radius 1 is 1.33 bits per heavy atom. The molecule has 2 aromatic heterocycles. The Kier molecular flexibility index (Phi) is 1.71. The zero-order valence-corrected chi connectivity index (χ0v) is 8.73. The molecule has 0 radical (unpaired) electrons. The third-order valence-corrected chi connectivity index (χ3v) is 3.15. The van der Waals surface area contributed by atoms with E-state index in [1.165, 1.54) is 28.7 Å². The second-order valence-corrected chi connectivity index (χ2v) is 4.17. The average Bonchev–Trinajstić information content (AvgIpc) is 2.63. The molecule has 0 bridgehead atoms.